The van der Waals surface area contributed by atoms with Gasteiger partial charge in [-0.2, -0.15) is 9.78 Å². The smallest absolute Gasteiger partial charge is 0.335 e. The maximum absolute atomic E-state index is 13.6. The molecule has 192 valence electrons. The summed E-state index contributed by atoms with van der Waals surface area (Å²) in [5.74, 6) is -0.255. The van der Waals surface area contributed by atoms with E-state index in [2.05, 4.69) is 5.10 Å². The molecule has 8 heteroatoms. The van der Waals surface area contributed by atoms with E-state index in [-0.39, 0.29) is 11.1 Å². The molecule has 0 saturated heterocycles. The third kappa shape index (κ3) is 4.12. The van der Waals surface area contributed by atoms with E-state index in [1.807, 2.05) is 67.8 Å². The van der Waals surface area contributed by atoms with Crippen LogP contribution >= 0.6 is 0 Å². The summed E-state index contributed by atoms with van der Waals surface area (Å²) >= 11 is 0. The highest BCUT2D eigenvalue weighted by atomic mass is 16.4. The van der Waals surface area contributed by atoms with Crippen molar-refractivity contribution in [3.8, 4) is 17.3 Å². The van der Waals surface area contributed by atoms with E-state index < -0.39 is 5.97 Å². The Kier molecular flexibility index (Phi) is 5.72. The Morgan fingerprint density at radius 3 is 2.54 bits per heavy atom. The maximum Gasteiger partial charge on any atom is 0.335 e. The summed E-state index contributed by atoms with van der Waals surface area (Å²) in [6.07, 6.45) is 1.62. The second-order valence-corrected chi connectivity index (χ2v) is 9.43. The molecule has 0 saturated carbocycles. The van der Waals surface area contributed by atoms with Crippen LogP contribution in [-0.2, 0) is 0 Å². The van der Waals surface area contributed by atoms with Crippen LogP contribution in [0.25, 0.3) is 39.1 Å². The van der Waals surface area contributed by atoms with Crippen molar-refractivity contribution in [3.63, 3.8) is 0 Å². The van der Waals surface area contributed by atoms with Gasteiger partial charge in [0.15, 0.2) is 5.76 Å². The van der Waals surface area contributed by atoms with E-state index in [1.165, 1.54) is 4.68 Å². The fourth-order valence-electron chi connectivity index (χ4n) is 4.87. The predicted molar refractivity (Wildman–Crippen MR) is 151 cm³/mol. The molecule has 3 heterocycles. The van der Waals surface area contributed by atoms with Crippen molar-refractivity contribution in [2.75, 3.05) is 0 Å². The first-order valence-electron chi connectivity index (χ1n) is 12.4. The van der Waals surface area contributed by atoms with Crippen molar-refractivity contribution in [2.45, 2.75) is 20.8 Å². The van der Waals surface area contributed by atoms with E-state index in [9.17, 15) is 14.7 Å². The minimum atomic E-state index is -0.984. The number of aromatic carboxylic acids is 1. The highest BCUT2D eigenvalue weighted by Gasteiger charge is 2.18. The second-order valence-electron chi connectivity index (χ2n) is 9.43. The standard InChI is InChI=1S/C31H24N4O4/c1-18-12-13-22(31(37)38)15-26(18)34-19(2)14-23(20(34)3)17-32-35-29(28-16-21-8-4-7-11-27(21)39-28)33-25-10-6-5-9-24(25)30(35)36/h4-17H,1-3H3,(H,37,38). The van der Waals surface area contributed by atoms with E-state index >= 15 is 0 Å². The van der Waals surface area contributed by atoms with Crippen LogP contribution in [0.3, 0.4) is 0 Å². The summed E-state index contributed by atoms with van der Waals surface area (Å²) in [6.45, 7) is 5.82. The quantitative estimate of drug-likeness (QED) is 0.279. The van der Waals surface area contributed by atoms with Gasteiger partial charge in [-0.1, -0.05) is 36.4 Å². The Hall–Kier alpha value is -5.24. The van der Waals surface area contributed by atoms with Gasteiger partial charge >= 0.3 is 5.97 Å². The Labute approximate surface area is 223 Å². The van der Waals surface area contributed by atoms with Crippen LogP contribution in [0.1, 0.15) is 32.9 Å². The topological polar surface area (TPSA) is 103 Å². The number of para-hydroxylation sites is 2. The van der Waals surface area contributed by atoms with Gasteiger partial charge in [0.05, 0.1) is 22.7 Å². The van der Waals surface area contributed by atoms with Crippen molar-refractivity contribution in [2.24, 2.45) is 5.10 Å². The van der Waals surface area contributed by atoms with Crippen LogP contribution in [0.2, 0.25) is 0 Å². The zero-order chi connectivity index (χ0) is 27.3. The first-order chi connectivity index (χ1) is 18.8. The molecular weight excluding hydrogens is 492 g/mol. The number of benzene rings is 3. The van der Waals surface area contributed by atoms with Crippen LogP contribution in [0, 0.1) is 20.8 Å². The Bertz CT molecular complexity index is 1980. The number of hydrogen-bond acceptors (Lipinski definition) is 5. The Morgan fingerprint density at radius 2 is 1.74 bits per heavy atom. The third-order valence-electron chi connectivity index (χ3n) is 6.88. The van der Waals surface area contributed by atoms with Crippen molar-refractivity contribution >= 4 is 34.1 Å². The molecule has 8 nitrogen and oxygen atoms in total. The van der Waals surface area contributed by atoms with Crippen molar-refractivity contribution < 1.29 is 14.3 Å². The Morgan fingerprint density at radius 1 is 0.974 bits per heavy atom. The number of carboxylic acid groups (broad SMARTS) is 1. The molecule has 6 rings (SSSR count). The summed E-state index contributed by atoms with van der Waals surface area (Å²) in [5.41, 5.74) is 5.39. The van der Waals surface area contributed by atoms with Crippen LogP contribution < -0.4 is 5.56 Å². The molecule has 0 aliphatic carbocycles. The zero-order valence-corrected chi connectivity index (χ0v) is 21.5. The lowest BCUT2D eigenvalue weighted by Crippen LogP contribution is -2.20. The lowest BCUT2D eigenvalue weighted by Gasteiger charge is -2.13. The summed E-state index contributed by atoms with van der Waals surface area (Å²) in [5, 5.41) is 15.4. The van der Waals surface area contributed by atoms with Crippen molar-refractivity contribution in [1.82, 2.24) is 14.2 Å². The molecule has 6 aromatic rings. The number of furan rings is 1. The van der Waals surface area contributed by atoms with E-state index in [0.29, 0.717) is 28.1 Å². The summed E-state index contributed by atoms with van der Waals surface area (Å²) in [4.78, 5) is 29.9. The monoisotopic (exact) mass is 516 g/mol. The summed E-state index contributed by atoms with van der Waals surface area (Å²) in [7, 11) is 0. The molecule has 0 aliphatic heterocycles. The van der Waals surface area contributed by atoms with Gasteiger partial charge in [0.2, 0.25) is 5.82 Å². The average molecular weight is 517 g/mol. The Balaban J connectivity index is 1.51. The molecule has 0 fully saturated rings. The van der Waals surface area contributed by atoms with Gasteiger partial charge < -0.3 is 14.1 Å². The number of rotatable bonds is 5. The van der Waals surface area contributed by atoms with Gasteiger partial charge in [-0.05, 0) is 68.8 Å². The van der Waals surface area contributed by atoms with Gasteiger partial charge in [0.1, 0.15) is 5.58 Å². The third-order valence-corrected chi connectivity index (χ3v) is 6.88. The minimum Gasteiger partial charge on any atom is -0.478 e. The van der Waals surface area contributed by atoms with Gasteiger partial charge in [0, 0.05) is 28.0 Å². The molecule has 3 aromatic carbocycles. The number of nitrogens with zero attached hydrogens (tertiary/aromatic N) is 4. The van der Waals surface area contributed by atoms with E-state index in [4.69, 9.17) is 9.40 Å². The van der Waals surface area contributed by atoms with Gasteiger partial charge in [0.25, 0.3) is 5.56 Å². The molecule has 0 amide bonds. The molecule has 0 radical (unpaired) electrons. The average Bonchev–Trinajstić information content (AvgIpc) is 3.48. The van der Waals surface area contributed by atoms with Gasteiger partial charge in [-0.25, -0.2) is 9.78 Å². The highest BCUT2D eigenvalue weighted by Crippen LogP contribution is 2.28. The number of carboxylic acids is 1. The summed E-state index contributed by atoms with van der Waals surface area (Å²) < 4.78 is 9.31. The molecule has 0 unspecified atom stereocenters. The molecule has 0 spiro atoms. The van der Waals surface area contributed by atoms with Crippen LogP contribution in [-0.4, -0.2) is 31.5 Å². The number of carbonyl (C=O) groups is 1. The second kappa shape index (κ2) is 9.25. The van der Waals surface area contributed by atoms with Crippen LogP contribution in [0.5, 0.6) is 0 Å². The van der Waals surface area contributed by atoms with E-state index in [0.717, 1.165) is 33.6 Å². The molecule has 1 N–H and O–H groups in total. The SMILES string of the molecule is Cc1ccc(C(=O)O)cc1-n1c(C)cc(C=Nn2c(-c3cc4ccccc4o3)nc3ccccc3c2=O)c1C. The molecular formula is C31H24N4O4. The molecule has 0 bridgehead atoms. The number of aryl methyl sites for hydroxylation is 2. The fraction of sp³-hybridized carbons (Fsp3) is 0.0968. The molecule has 0 aliphatic rings. The molecule has 0 atom stereocenters. The van der Waals surface area contributed by atoms with Gasteiger partial charge in [-0.15, -0.1) is 0 Å². The minimum absolute atomic E-state index is 0.211. The normalized spacial score (nSPS) is 11.7. The van der Waals surface area contributed by atoms with Crippen molar-refractivity contribution in [1.29, 1.82) is 0 Å². The molecule has 3 aromatic heterocycles. The zero-order valence-electron chi connectivity index (χ0n) is 21.5. The van der Waals surface area contributed by atoms with Crippen LogP contribution in [0.15, 0.2) is 93.2 Å². The largest absolute Gasteiger partial charge is 0.478 e. The van der Waals surface area contributed by atoms with Crippen LogP contribution in [0.4, 0.5) is 0 Å². The van der Waals surface area contributed by atoms with Crippen molar-refractivity contribution in [3.05, 3.63) is 117 Å². The molecule has 39 heavy (non-hydrogen) atoms. The lowest BCUT2D eigenvalue weighted by atomic mass is 10.1. The number of aromatic nitrogens is 3. The summed E-state index contributed by atoms with van der Waals surface area (Å²) in [6, 6.07) is 23.6. The highest BCUT2D eigenvalue weighted by molar-refractivity contribution is 5.89. The number of fused-ring (bicyclic) bond motifs is 2. The predicted octanol–water partition coefficient (Wildman–Crippen LogP) is 6.11. The first-order valence-corrected chi connectivity index (χ1v) is 12.4. The lowest BCUT2D eigenvalue weighted by molar-refractivity contribution is 0.0697. The maximum atomic E-state index is 13.6. The van der Waals surface area contributed by atoms with Gasteiger partial charge in [-0.3, -0.25) is 4.79 Å². The van der Waals surface area contributed by atoms with E-state index in [1.54, 1.807) is 42.6 Å². The fourth-order valence-corrected chi connectivity index (χ4v) is 4.87. The first kappa shape index (κ1) is 24.1. The number of hydrogen-bond donors (Lipinski definition) is 1.